The van der Waals surface area contributed by atoms with Crippen LogP contribution in [0.3, 0.4) is 0 Å². The van der Waals surface area contributed by atoms with Crippen LogP contribution in [0.2, 0.25) is 0 Å². The largest absolute Gasteiger partial charge is 0.507 e. The van der Waals surface area contributed by atoms with Gasteiger partial charge in [-0.15, -0.1) is 0 Å². The van der Waals surface area contributed by atoms with Gasteiger partial charge in [0.05, 0.1) is 38.0 Å². The van der Waals surface area contributed by atoms with E-state index in [1.807, 2.05) is 27.7 Å². The van der Waals surface area contributed by atoms with Crippen LogP contribution in [0.1, 0.15) is 60.8 Å². The summed E-state index contributed by atoms with van der Waals surface area (Å²) < 4.78 is 15.9. The number of benzene rings is 3. The van der Waals surface area contributed by atoms with Gasteiger partial charge in [-0.05, 0) is 72.5 Å². The minimum Gasteiger partial charge on any atom is -0.507 e. The zero-order valence-corrected chi connectivity index (χ0v) is 23.5. The van der Waals surface area contributed by atoms with Crippen molar-refractivity contribution in [1.82, 2.24) is 0 Å². The molecule has 0 saturated carbocycles. The summed E-state index contributed by atoms with van der Waals surface area (Å²) in [6, 6.07) is 17.4. The molecule has 1 aliphatic heterocycles. The Morgan fingerprint density at radius 3 is 2.10 bits per heavy atom. The van der Waals surface area contributed by atoms with Crippen LogP contribution < -0.4 is 14.4 Å². The van der Waals surface area contributed by atoms with Gasteiger partial charge in [0.15, 0.2) is 0 Å². The van der Waals surface area contributed by atoms with Gasteiger partial charge in [0, 0.05) is 16.8 Å². The summed E-state index contributed by atoms with van der Waals surface area (Å²) in [5, 5.41) is 11.6. The molecule has 3 aromatic carbocycles. The number of hydrogen-bond acceptors (Lipinski definition) is 7. The molecule has 0 aliphatic carbocycles. The molecule has 1 N–H and O–H groups in total. The van der Waals surface area contributed by atoms with Gasteiger partial charge in [-0.25, -0.2) is 4.79 Å². The second kappa shape index (κ2) is 11.3. The first-order chi connectivity index (χ1) is 19.0. The molecule has 1 atom stereocenters. The van der Waals surface area contributed by atoms with E-state index < -0.39 is 23.7 Å². The average Bonchev–Trinajstić information content (AvgIpc) is 3.22. The predicted molar refractivity (Wildman–Crippen MR) is 152 cm³/mol. The number of carbonyl (C=O) groups is 3. The number of aliphatic hydroxyl groups is 1. The molecule has 208 valence electrons. The molecule has 1 amide bonds. The second-order valence-corrected chi connectivity index (χ2v) is 10.4. The number of ketones is 1. The van der Waals surface area contributed by atoms with Crippen LogP contribution in [0.25, 0.3) is 5.76 Å². The number of esters is 1. The highest BCUT2D eigenvalue weighted by molar-refractivity contribution is 6.51. The Morgan fingerprint density at radius 2 is 1.55 bits per heavy atom. The number of hydrogen-bond donors (Lipinski definition) is 1. The van der Waals surface area contributed by atoms with E-state index in [1.54, 1.807) is 61.7 Å². The molecule has 40 heavy (non-hydrogen) atoms. The number of rotatable bonds is 7. The summed E-state index contributed by atoms with van der Waals surface area (Å²) in [5.74, 6) is -1.14. The van der Waals surface area contributed by atoms with Crippen LogP contribution in [0.15, 0.2) is 72.3 Å². The standard InChI is InChI=1S/C32H33NO7/c1-7-40-25-17-12-21(18-24(25)32(2,3)4)28(34)26-27(19-10-15-23(38-5)16-11-19)33(30(36)29(26)35)22-13-8-20(9-14-22)31(37)39-6/h8-18,27,34H,7H2,1-6H3/b28-26-. The fourth-order valence-electron chi connectivity index (χ4n) is 4.78. The zero-order chi connectivity index (χ0) is 29.2. The Balaban J connectivity index is 1.91. The highest BCUT2D eigenvalue weighted by Crippen LogP contribution is 2.43. The van der Waals surface area contributed by atoms with Gasteiger partial charge >= 0.3 is 5.97 Å². The average molecular weight is 544 g/mol. The fraction of sp³-hybridized carbons (Fsp3) is 0.281. The van der Waals surface area contributed by atoms with Crippen LogP contribution in [0.4, 0.5) is 5.69 Å². The van der Waals surface area contributed by atoms with Crippen molar-refractivity contribution in [1.29, 1.82) is 0 Å². The Morgan fingerprint density at radius 1 is 0.925 bits per heavy atom. The van der Waals surface area contributed by atoms with Crippen molar-refractivity contribution in [2.45, 2.75) is 39.2 Å². The smallest absolute Gasteiger partial charge is 0.337 e. The van der Waals surface area contributed by atoms with Gasteiger partial charge in [0.2, 0.25) is 0 Å². The minimum atomic E-state index is -0.931. The van der Waals surface area contributed by atoms with E-state index in [4.69, 9.17) is 14.2 Å². The summed E-state index contributed by atoms with van der Waals surface area (Å²) in [6.07, 6.45) is 0. The molecule has 0 radical (unpaired) electrons. The number of methoxy groups -OCH3 is 2. The van der Waals surface area contributed by atoms with Gasteiger partial charge in [0.1, 0.15) is 17.3 Å². The Hall–Kier alpha value is -4.59. The van der Waals surface area contributed by atoms with Crippen LogP contribution in [-0.4, -0.2) is 43.6 Å². The number of ether oxygens (including phenoxy) is 3. The van der Waals surface area contributed by atoms with Crippen molar-refractivity contribution in [2.75, 3.05) is 25.7 Å². The Bertz CT molecular complexity index is 1460. The fourth-order valence-corrected chi connectivity index (χ4v) is 4.78. The molecule has 1 heterocycles. The van der Waals surface area contributed by atoms with E-state index in [2.05, 4.69) is 0 Å². The quantitative estimate of drug-likeness (QED) is 0.174. The third kappa shape index (κ3) is 5.30. The first-order valence-corrected chi connectivity index (χ1v) is 12.9. The third-order valence-electron chi connectivity index (χ3n) is 6.80. The molecule has 0 spiro atoms. The van der Waals surface area contributed by atoms with E-state index in [0.717, 1.165) is 5.56 Å². The van der Waals surface area contributed by atoms with Crippen molar-refractivity contribution < 1.29 is 33.7 Å². The molecule has 1 unspecified atom stereocenters. The molecule has 8 nitrogen and oxygen atoms in total. The molecule has 1 saturated heterocycles. The summed E-state index contributed by atoms with van der Waals surface area (Å²) in [6.45, 7) is 8.47. The van der Waals surface area contributed by atoms with Gasteiger partial charge in [0.25, 0.3) is 11.7 Å². The third-order valence-corrected chi connectivity index (χ3v) is 6.80. The van der Waals surface area contributed by atoms with Gasteiger partial charge < -0.3 is 19.3 Å². The molecule has 1 fully saturated rings. The maximum atomic E-state index is 13.6. The first kappa shape index (κ1) is 28.4. The number of anilines is 1. The van der Waals surface area contributed by atoms with E-state index in [1.165, 1.54) is 24.1 Å². The van der Waals surface area contributed by atoms with E-state index in [9.17, 15) is 19.5 Å². The molecular formula is C32H33NO7. The molecule has 4 rings (SSSR count). The number of carbonyl (C=O) groups excluding carboxylic acids is 3. The van der Waals surface area contributed by atoms with Crippen LogP contribution in [0.5, 0.6) is 11.5 Å². The van der Waals surface area contributed by atoms with Crippen molar-refractivity contribution in [3.8, 4) is 11.5 Å². The molecule has 0 aromatic heterocycles. The van der Waals surface area contributed by atoms with E-state index >= 15 is 0 Å². The number of nitrogens with zero attached hydrogens (tertiary/aromatic N) is 1. The lowest BCUT2D eigenvalue weighted by molar-refractivity contribution is -0.132. The lowest BCUT2D eigenvalue weighted by Gasteiger charge is -2.26. The molecule has 0 bridgehead atoms. The van der Waals surface area contributed by atoms with Gasteiger partial charge in [-0.2, -0.15) is 0 Å². The molecule has 1 aliphatic rings. The van der Waals surface area contributed by atoms with Crippen molar-refractivity contribution in [2.24, 2.45) is 0 Å². The predicted octanol–water partition coefficient (Wildman–Crippen LogP) is 5.80. The van der Waals surface area contributed by atoms with E-state index in [-0.39, 0.29) is 16.7 Å². The number of amides is 1. The summed E-state index contributed by atoms with van der Waals surface area (Å²) in [5.41, 5.74) is 2.17. The molecule has 3 aromatic rings. The maximum Gasteiger partial charge on any atom is 0.337 e. The highest BCUT2D eigenvalue weighted by Gasteiger charge is 2.47. The van der Waals surface area contributed by atoms with Crippen LogP contribution in [-0.2, 0) is 19.7 Å². The number of Topliss-reactive ketones (excluding diaryl/α,β-unsaturated/α-hetero) is 1. The lowest BCUT2D eigenvalue weighted by atomic mass is 9.84. The minimum absolute atomic E-state index is 0.0452. The van der Waals surface area contributed by atoms with Gasteiger partial charge in [-0.1, -0.05) is 32.9 Å². The lowest BCUT2D eigenvalue weighted by Crippen LogP contribution is -2.29. The summed E-state index contributed by atoms with van der Waals surface area (Å²) in [4.78, 5) is 40.3. The summed E-state index contributed by atoms with van der Waals surface area (Å²) >= 11 is 0. The monoisotopic (exact) mass is 543 g/mol. The SMILES string of the molecule is CCOc1ccc(/C(O)=C2/C(=O)C(=O)N(c3ccc(C(=O)OC)cc3)C2c2ccc(OC)cc2)cc1C(C)(C)C. The summed E-state index contributed by atoms with van der Waals surface area (Å²) in [7, 11) is 2.83. The normalized spacial score (nSPS) is 16.6. The zero-order valence-electron chi connectivity index (χ0n) is 23.5. The van der Waals surface area contributed by atoms with Crippen molar-refractivity contribution in [3.05, 3.63) is 94.6 Å². The highest BCUT2D eigenvalue weighted by atomic mass is 16.5. The Labute approximate surface area is 233 Å². The second-order valence-electron chi connectivity index (χ2n) is 10.4. The molecule has 8 heteroatoms. The maximum absolute atomic E-state index is 13.6. The van der Waals surface area contributed by atoms with E-state index in [0.29, 0.717) is 40.5 Å². The van der Waals surface area contributed by atoms with Gasteiger partial charge in [-0.3, -0.25) is 14.5 Å². The Kier molecular flexibility index (Phi) is 8.00. The topological polar surface area (TPSA) is 102 Å². The first-order valence-electron chi connectivity index (χ1n) is 12.9. The van der Waals surface area contributed by atoms with Crippen molar-refractivity contribution >= 4 is 29.1 Å². The van der Waals surface area contributed by atoms with Crippen molar-refractivity contribution in [3.63, 3.8) is 0 Å². The van der Waals surface area contributed by atoms with Crippen LogP contribution in [0, 0.1) is 0 Å². The van der Waals surface area contributed by atoms with Crippen LogP contribution >= 0.6 is 0 Å². The molecular weight excluding hydrogens is 510 g/mol. The number of aliphatic hydroxyl groups excluding tert-OH is 1.